The Kier molecular flexibility index (Phi) is 3.31. The van der Waals surface area contributed by atoms with Gasteiger partial charge in [-0.05, 0) is 35.8 Å². The van der Waals surface area contributed by atoms with Gasteiger partial charge in [-0.25, -0.2) is 4.39 Å². The minimum atomic E-state index is -0.442. The number of carbonyl (C=O) groups is 1. The summed E-state index contributed by atoms with van der Waals surface area (Å²) < 4.78 is 13.6. The second-order valence-electron chi connectivity index (χ2n) is 6.88. The quantitative estimate of drug-likeness (QED) is 0.835. The summed E-state index contributed by atoms with van der Waals surface area (Å²) in [5.74, 6) is -0.275. The molecule has 3 N–H and O–H groups in total. The van der Waals surface area contributed by atoms with Crippen molar-refractivity contribution in [1.29, 1.82) is 0 Å². The van der Waals surface area contributed by atoms with Gasteiger partial charge in [-0.1, -0.05) is 27.7 Å². The normalized spacial score (nSPS) is 19.7. The van der Waals surface area contributed by atoms with Gasteiger partial charge in [-0.2, -0.15) is 0 Å². The lowest BCUT2D eigenvalue weighted by Crippen LogP contribution is -2.27. The van der Waals surface area contributed by atoms with Crippen LogP contribution in [0.15, 0.2) is 12.1 Å². The van der Waals surface area contributed by atoms with Crippen LogP contribution in [-0.2, 0) is 0 Å². The predicted octanol–water partition coefficient (Wildman–Crippen LogP) is 3.13. The van der Waals surface area contributed by atoms with Gasteiger partial charge in [0.05, 0.1) is 0 Å². The topological polar surface area (TPSA) is 55.1 Å². The smallest absolute Gasteiger partial charge is 0.251 e. The number of rotatable bonds is 3. The Morgan fingerprint density at radius 1 is 1.30 bits per heavy atom. The molecule has 0 unspecified atom stereocenters. The maximum Gasteiger partial charge on any atom is 0.251 e. The van der Waals surface area contributed by atoms with Crippen molar-refractivity contribution in [2.24, 2.45) is 16.7 Å². The van der Waals surface area contributed by atoms with Crippen LogP contribution in [0, 0.1) is 29.5 Å². The molecule has 0 heterocycles. The Morgan fingerprint density at radius 3 is 2.30 bits per heavy atom. The second-order valence-corrected chi connectivity index (χ2v) is 6.88. The first-order valence-corrected chi connectivity index (χ1v) is 6.93. The van der Waals surface area contributed by atoms with E-state index < -0.39 is 5.82 Å². The van der Waals surface area contributed by atoms with Crippen LogP contribution in [0.3, 0.4) is 0 Å². The molecule has 3 nitrogen and oxygen atoms in total. The van der Waals surface area contributed by atoms with Crippen LogP contribution in [-0.4, -0.2) is 12.5 Å². The lowest BCUT2D eigenvalue weighted by molar-refractivity contribution is 0.0949. The molecule has 1 aromatic carbocycles. The summed E-state index contributed by atoms with van der Waals surface area (Å²) in [7, 11) is 0. The van der Waals surface area contributed by atoms with Crippen LogP contribution in [0.2, 0.25) is 0 Å². The molecular weight excluding hydrogens is 255 g/mol. The maximum absolute atomic E-state index is 13.6. The summed E-state index contributed by atoms with van der Waals surface area (Å²) in [6.45, 7) is 11.0. The third-order valence-electron chi connectivity index (χ3n) is 5.43. The first-order valence-electron chi connectivity index (χ1n) is 6.93. The van der Waals surface area contributed by atoms with Gasteiger partial charge >= 0.3 is 0 Å². The number of nitrogens with one attached hydrogen (secondary N) is 1. The number of anilines is 1. The van der Waals surface area contributed by atoms with Crippen molar-refractivity contribution in [2.45, 2.75) is 34.6 Å². The van der Waals surface area contributed by atoms with E-state index in [9.17, 15) is 9.18 Å². The Bertz CT molecular complexity index is 527. The predicted molar refractivity (Wildman–Crippen MR) is 78.9 cm³/mol. The van der Waals surface area contributed by atoms with E-state index in [1.54, 1.807) is 6.92 Å². The third kappa shape index (κ3) is 2.17. The lowest BCUT2D eigenvalue weighted by atomic mass is 10.0. The number of carbonyl (C=O) groups excluding carboxylic acids is 1. The molecule has 1 saturated carbocycles. The maximum atomic E-state index is 13.6. The molecule has 4 heteroatoms. The van der Waals surface area contributed by atoms with Crippen molar-refractivity contribution in [3.8, 4) is 0 Å². The minimum absolute atomic E-state index is 0.220. The molecule has 1 aromatic rings. The summed E-state index contributed by atoms with van der Waals surface area (Å²) >= 11 is 0. The summed E-state index contributed by atoms with van der Waals surface area (Å²) in [6, 6.07) is 2.77. The molecule has 0 aliphatic heterocycles. The van der Waals surface area contributed by atoms with Crippen LogP contribution in [0.5, 0.6) is 0 Å². The highest BCUT2D eigenvalue weighted by atomic mass is 19.1. The molecule has 2 rings (SSSR count). The molecule has 0 aromatic heterocycles. The zero-order valence-electron chi connectivity index (χ0n) is 12.8. The second kappa shape index (κ2) is 4.47. The van der Waals surface area contributed by atoms with Crippen molar-refractivity contribution < 1.29 is 9.18 Å². The average molecular weight is 278 g/mol. The zero-order valence-corrected chi connectivity index (χ0v) is 12.8. The lowest BCUT2D eigenvalue weighted by Gasteiger charge is -2.09. The van der Waals surface area contributed by atoms with E-state index in [1.165, 1.54) is 12.1 Å². The van der Waals surface area contributed by atoms with Crippen molar-refractivity contribution in [1.82, 2.24) is 5.32 Å². The van der Waals surface area contributed by atoms with Crippen LogP contribution >= 0.6 is 0 Å². The molecule has 20 heavy (non-hydrogen) atoms. The zero-order chi connectivity index (χ0) is 15.3. The molecule has 1 fully saturated rings. The fourth-order valence-corrected chi connectivity index (χ4v) is 2.97. The van der Waals surface area contributed by atoms with Gasteiger partial charge in [0.2, 0.25) is 0 Å². The number of halogens is 1. The fourth-order valence-electron chi connectivity index (χ4n) is 2.97. The average Bonchev–Trinajstić information content (AvgIpc) is 2.73. The van der Waals surface area contributed by atoms with Gasteiger partial charge in [0.1, 0.15) is 5.82 Å². The van der Waals surface area contributed by atoms with Crippen molar-refractivity contribution in [3.05, 3.63) is 29.1 Å². The third-order valence-corrected chi connectivity index (χ3v) is 5.43. The van der Waals surface area contributed by atoms with E-state index in [0.717, 1.165) is 0 Å². The Morgan fingerprint density at radius 2 is 1.85 bits per heavy atom. The van der Waals surface area contributed by atoms with E-state index in [0.29, 0.717) is 23.7 Å². The largest absolute Gasteiger partial charge is 0.398 e. The number of nitrogen functional groups attached to an aromatic ring is 1. The number of amides is 1. The molecule has 0 saturated heterocycles. The van der Waals surface area contributed by atoms with E-state index in [4.69, 9.17) is 5.73 Å². The van der Waals surface area contributed by atoms with Gasteiger partial charge in [-0.15, -0.1) is 0 Å². The summed E-state index contributed by atoms with van der Waals surface area (Å²) in [6.07, 6.45) is 0. The van der Waals surface area contributed by atoms with Crippen LogP contribution in [0.25, 0.3) is 0 Å². The SMILES string of the molecule is Cc1c(N)cc(C(=O)NCC2C(C)(C)C2(C)C)cc1F. The highest BCUT2D eigenvalue weighted by molar-refractivity contribution is 5.95. The molecule has 1 amide bonds. The number of hydrogen-bond acceptors (Lipinski definition) is 2. The van der Waals surface area contributed by atoms with E-state index in [-0.39, 0.29) is 22.3 Å². The highest BCUT2D eigenvalue weighted by Crippen LogP contribution is 2.67. The number of benzene rings is 1. The van der Waals surface area contributed by atoms with Crippen molar-refractivity contribution in [2.75, 3.05) is 12.3 Å². The van der Waals surface area contributed by atoms with Gasteiger partial charge in [0, 0.05) is 23.4 Å². The van der Waals surface area contributed by atoms with E-state index in [1.807, 2.05) is 0 Å². The number of hydrogen-bond donors (Lipinski definition) is 2. The van der Waals surface area contributed by atoms with Gasteiger partial charge in [0.15, 0.2) is 0 Å². The molecule has 0 bridgehead atoms. The van der Waals surface area contributed by atoms with Gasteiger partial charge in [-0.3, -0.25) is 4.79 Å². The van der Waals surface area contributed by atoms with Gasteiger partial charge in [0.25, 0.3) is 5.91 Å². The van der Waals surface area contributed by atoms with Crippen LogP contribution in [0.4, 0.5) is 10.1 Å². The molecule has 0 radical (unpaired) electrons. The van der Waals surface area contributed by atoms with Gasteiger partial charge < -0.3 is 11.1 Å². The van der Waals surface area contributed by atoms with Crippen molar-refractivity contribution in [3.63, 3.8) is 0 Å². The summed E-state index contributed by atoms with van der Waals surface area (Å²) in [5.41, 5.74) is 7.10. The Labute approximate surface area is 119 Å². The number of nitrogens with two attached hydrogens (primary N) is 1. The summed E-state index contributed by atoms with van der Waals surface area (Å²) in [5, 5.41) is 2.88. The first kappa shape index (κ1) is 14.8. The fraction of sp³-hybridized carbons (Fsp3) is 0.562. The molecule has 0 atom stereocenters. The molecular formula is C16H23FN2O. The first-order chi connectivity index (χ1) is 9.09. The molecule has 1 aliphatic rings. The Hall–Kier alpha value is -1.58. The molecule has 1 aliphatic carbocycles. The molecule has 0 spiro atoms. The minimum Gasteiger partial charge on any atom is -0.398 e. The van der Waals surface area contributed by atoms with E-state index in [2.05, 4.69) is 33.0 Å². The van der Waals surface area contributed by atoms with Crippen LogP contribution in [0.1, 0.15) is 43.6 Å². The van der Waals surface area contributed by atoms with Crippen molar-refractivity contribution >= 4 is 11.6 Å². The Balaban J connectivity index is 2.04. The molecule has 110 valence electrons. The monoisotopic (exact) mass is 278 g/mol. The summed E-state index contributed by atoms with van der Waals surface area (Å²) in [4.78, 5) is 12.1. The highest BCUT2D eigenvalue weighted by Gasteiger charge is 2.64. The van der Waals surface area contributed by atoms with Crippen LogP contribution < -0.4 is 11.1 Å². The van der Waals surface area contributed by atoms with E-state index >= 15 is 0 Å². The standard InChI is InChI=1S/C16H23FN2O/c1-9-11(17)6-10(7-12(9)18)14(20)19-8-13-15(2,3)16(13,4)5/h6-7,13H,8,18H2,1-5H3,(H,19,20).